The van der Waals surface area contributed by atoms with Gasteiger partial charge >= 0.3 is 0 Å². The van der Waals surface area contributed by atoms with Gasteiger partial charge in [-0.2, -0.15) is 0 Å². The van der Waals surface area contributed by atoms with Crippen LogP contribution in [-0.4, -0.2) is 18.9 Å². The lowest BCUT2D eigenvalue weighted by Gasteiger charge is -2.09. The van der Waals surface area contributed by atoms with Crippen LogP contribution in [0.4, 0.5) is 0 Å². The zero-order valence-corrected chi connectivity index (χ0v) is 8.42. The molecule has 1 saturated heterocycles. The van der Waals surface area contributed by atoms with E-state index in [9.17, 15) is 4.79 Å². The third kappa shape index (κ3) is 1.85. The van der Waals surface area contributed by atoms with E-state index in [1.807, 2.05) is 18.2 Å². The van der Waals surface area contributed by atoms with E-state index < -0.39 is 0 Å². The van der Waals surface area contributed by atoms with E-state index in [1.165, 1.54) is 12.0 Å². The first-order valence-corrected chi connectivity index (χ1v) is 5.09. The zero-order chi connectivity index (χ0) is 9.97. The minimum atomic E-state index is 0.151. The third-order valence-corrected chi connectivity index (χ3v) is 2.82. The van der Waals surface area contributed by atoms with Crippen molar-refractivity contribution in [3.8, 4) is 0 Å². The Morgan fingerprint density at radius 2 is 2.36 bits per heavy atom. The molecule has 0 amide bonds. The smallest absolute Gasteiger partial charge is 0.159 e. The molecule has 2 nitrogen and oxygen atoms in total. The number of benzene rings is 1. The van der Waals surface area contributed by atoms with Crippen LogP contribution < -0.4 is 5.32 Å². The van der Waals surface area contributed by atoms with Crippen molar-refractivity contribution in [3.05, 3.63) is 35.4 Å². The lowest BCUT2D eigenvalue weighted by Crippen LogP contribution is -2.08. The minimum absolute atomic E-state index is 0.151. The number of Topliss-reactive ketones (excluding diaryl/α,β-unsaturated/α-hetero) is 1. The molecule has 1 atom stereocenters. The first-order chi connectivity index (χ1) is 6.77. The largest absolute Gasteiger partial charge is 0.316 e. The summed E-state index contributed by atoms with van der Waals surface area (Å²) in [4.78, 5) is 11.2. The molecule has 2 rings (SSSR count). The van der Waals surface area contributed by atoms with E-state index in [2.05, 4.69) is 11.4 Å². The maximum absolute atomic E-state index is 11.2. The Hall–Kier alpha value is -1.15. The van der Waals surface area contributed by atoms with Crippen molar-refractivity contribution in [2.45, 2.75) is 19.3 Å². The lowest BCUT2D eigenvalue weighted by molar-refractivity contribution is 0.101. The standard InChI is InChI=1S/C12H15NO/c1-9(14)10-3-2-4-11(7-10)12-5-6-13-8-12/h2-4,7,12-13H,5-6,8H2,1H3. The highest BCUT2D eigenvalue weighted by atomic mass is 16.1. The van der Waals surface area contributed by atoms with Crippen LogP contribution in [0.15, 0.2) is 24.3 Å². The van der Waals surface area contributed by atoms with E-state index in [-0.39, 0.29) is 5.78 Å². The Bertz CT molecular complexity index is 340. The Balaban J connectivity index is 2.25. The fourth-order valence-corrected chi connectivity index (χ4v) is 1.95. The monoisotopic (exact) mass is 189 g/mol. The fraction of sp³-hybridized carbons (Fsp3) is 0.417. The topological polar surface area (TPSA) is 29.1 Å². The highest BCUT2D eigenvalue weighted by Gasteiger charge is 2.16. The second-order valence-corrected chi connectivity index (χ2v) is 3.87. The Morgan fingerprint density at radius 1 is 1.50 bits per heavy atom. The molecular weight excluding hydrogens is 174 g/mol. The van der Waals surface area contributed by atoms with Crippen molar-refractivity contribution in [3.63, 3.8) is 0 Å². The molecule has 0 radical (unpaired) electrons. The van der Waals surface area contributed by atoms with Gasteiger partial charge in [-0.15, -0.1) is 0 Å². The Morgan fingerprint density at radius 3 is 3.00 bits per heavy atom. The summed E-state index contributed by atoms with van der Waals surface area (Å²) in [7, 11) is 0. The molecular formula is C12H15NO. The molecule has 1 aliphatic heterocycles. The highest BCUT2D eigenvalue weighted by Crippen LogP contribution is 2.22. The molecule has 14 heavy (non-hydrogen) atoms. The average molecular weight is 189 g/mol. The third-order valence-electron chi connectivity index (χ3n) is 2.82. The van der Waals surface area contributed by atoms with Gasteiger partial charge in [0.2, 0.25) is 0 Å². The van der Waals surface area contributed by atoms with Gasteiger partial charge in [0.1, 0.15) is 0 Å². The zero-order valence-electron chi connectivity index (χ0n) is 8.42. The van der Waals surface area contributed by atoms with Crippen molar-refractivity contribution in [2.24, 2.45) is 0 Å². The van der Waals surface area contributed by atoms with Gasteiger partial charge < -0.3 is 5.32 Å². The fourth-order valence-electron chi connectivity index (χ4n) is 1.95. The number of rotatable bonds is 2. The second kappa shape index (κ2) is 3.93. The number of carbonyl (C=O) groups is 1. The number of nitrogens with one attached hydrogen (secondary N) is 1. The summed E-state index contributed by atoms with van der Waals surface area (Å²) in [6.45, 7) is 3.75. The first kappa shape index (κ1) is 9.41. The number of carbonyl (C=O) groups excluding carboxylic acids is 1. The molecule has 1 unspecified atom stereocenters. The highest BCUT2D eigenvalue weighted by molar-refractivity contribution is 5.94. The molecule has 1 heterocycles. The molecule has 0 saturated carbocycles. The van der Waals surface area contributed by atoms with E-state index >= 15 is 0 Å². The molecule has 1 aromatic rings. The van der Waals surface area contributed by atoms with Gasteiger partial charge in [-0.1, -0.05) is 18.2 Å². The van der Waals surface area contributed by atoms with Crippen LogP contribution >= 0.6 is 0 Å². The molecule has 1 aromatic carbocycles. The van der Waals surface area contributed by atoms with Gasteiger partial charge in [0.15, 0.2) is 5.78 Å². The van der Waals surface area contributed by atoms with Gasteiger partial charge in [-0.3, -0.25) is 4.79 Å². The summed E-state index contributed by atoms with van der Waals surface area (Å²) < 4.78 is 0. The normalized spacial score (nSPS) is 21.1. The maximum atomic E-state index is 11.2. The van der Waals surface area contributed by atoms with Gasteiger partial charge in [0.05, 0.1) is 0 Å². The first-order valence-electron chi connectivity index (χ1n) is 5.09. The van der Waals surface area contributed by atoms with Gasteiger partial charge in [0.25, 0.3) is 0 Å². The van der Waals surface area contributed by atoms with Crippen molar-refractivity contribution in [1.29, 1.82) is 0 Å². The SMILES string of the molecule is CC(=O)c1cccc(C2CCNC2)c1. The molecule has 1 aliphatic rings. The summed E-state index contributed by atoms with van der Waals surface area (Å²) in [6, 6.07) is 8.00. The molecule has 74 valence electrons. The van der Waals surface area contributed by atoms with Crippen LogP contribution in [0.5, 0.6) is 0 Å². The van der Waals surface area contributed by atoms with Crippen LogP contribution in [0, 0.1) is 0 Å². The van der Waals surface area contributed by atoms with E-state index in [0.29, 0.717) is 5.92 Å². The molecule has 0 bridgehead atoms. The molecule has 0 aromatic heterocycles. The van der Waals surface area contributed by atoms with E-state index in [1.54, 1.807) is 6.92 Å². The minimum Gasteiger partial charge on any atom is -0.316 e. The molecule has 1 fully saturated rings. The average Bonchev–Trinajstić information content (AvgIpc) is 2.71. The number of ketones is 1. The van der Waals surface area contributed by atoms with Gasteiger partial charge in [0, 0.05) is 12.1 Å². The molecule has 0 aliphatic carbocycles. The van der Waals surface area contributed by atoms with Crippen molar-refractivity contribution >= 4 is 5.78 Å². The van der Waals surface area contributed by atoms with E-state index in [4.69, 9.17) is 0 Å². The van der Waals surface area contributed by atoms with Crippen molar-refractivity contribution in [1.82, 2.24) is 5.32 Å². The summed E-state index contributed by atoms with van der Waals surface area (Å²) >= 11 is 0. The number of hydrogen-bond acceptors (Lipinski definition) is 2. The summed E-state index contributed by atoms with van der Waals surface area (Å²) in [5.41, 5.74) is 2.12. The van der Waals surface area contributed by atoms with Crippen LogP contribution in [0.2, 0.25) is 0 Å². The summed E-state index contributed by atoms with van der Waals surface area (Å²) in [5.74, 6) is 0.743. The lowest BCUT2D eigenvalue weighted by atomic mass is 9.96. The molecule has 2 heteroatoms. The van der Waals surface area contributed by atoms with Crippen molar-refractivity contribution < 1.29 is 4.79 Å². The van der Waals surface area contributed by atoms with Crippen LogP contribution in [0.25, 0.3) is 0 Å². The molecule has 1 N–H and O–H groups in total. The Kier molecular flexibility index (Phi) is 2.64. The van der Waals surface area contributed by atoms with Gasteiger partial charge in [-0.05, 0) is 37.4 Å². The molecule has 0 spiro atoms. The quantitative estimate of drug-likeness (QED) is 0.721. The predicted octanol–water partition coefficient (Wildman–Crippen LogP) is 1.97. The van der Waals surface area contributed by atoms with E-state index in [0.717, 1.165) is 18.7 Å². The van der Waals surface area contributed by atoms with Crippen LogP contribution in [0.3, 0.4) is 0 Å². The number of hydrogen-bond donors (Lipinski definition) is 1. The van der Waals surface area contributed by atoms with Gasteiger partial charge in [-0.25, -0.2) is 0 Å². The predicted molar refractivity (Wildman–Crippen MR) is 56.7 cm³/mol. The Labute approximate surface area is 84.3 Å². The van der Waals surface area contributed by atoms with Crippen molar-refractivity contribution in [2.75, 3.05) is 13.1 Å². The maximum Gasteiger partial charge on any atom is 0.159 e. The van der Waals surface area contributed by atoms with Crippen LogP contribution in [-0.2, 0) is 0 Å². The van der Waals surface area contributed by atoms with Crippen LogP contribution in [0.1, 0.15) is 35.2 Å². The summed E-state index contributed by atoms with van der Waals surface area (Å²) in [5, 5.41) is 3.33. The second-order valence-electron chi connectivity index (χ2n) is 3.87. The summed E-state index contributed by atoms with van der Waals surface area (Å²) in [6.07, 6.45) is 1.18.